The topological polar surface area (TPSA) is 105 Å². The third-order valence-electron chi connectivity index (χ3n) is 5.47. The fourth-order valence-corrected chi connectivity index (χ4v) is 4.35. The van der Waals surface area contributed by atoms with Crippen LogP contribution in [0, 0.1) is 0 Å². The molecule has 1 spiro atoms. The average molecular weight is 447 g/mol. The summed E-state index contributed by atoms with van der Waals surface area (Å²) in [6.07, 6.45) is 0.103. The van der Waals surface area contributed by atoms with Gasteiger partial charge >= 0.3 is 5.97 Å². The first-order valence-corrected chi connectivity index (χ1v) is 10.2. The van der Waals surface area contributed by atoms with Crippen molar-refractivity contribution in [1.82, 2.24) is 0 Å². The molecule has 7 nitrogen and oxygen atoms in total. The number of esters is 1. The minimum Gasteiger partial charge on any atom is -0.508 e. The lowest BCUT2D eigenvalue weighted by atomic mass is 9.77. The summed E-state index contributed by atoms with van der Waals surface area (Å²) in [6.45, 7) is 1.69. The van der Waals surface area contributed by atoms with Gasteiger partial charge in [0, 0.05) is 34.5 Å². The number of phenolic OH excluding ortho intramolecular Hbond substituents is 2. The van der Waals surface area contributed by atoms with Gasteiger partial charge in [0.2, 0.25) is 5.91 Å². The second-order valence-electron chi connectivity index (χ2n) is 7.72. The summed E-state index contributed by atoms with van der Waals surface area (Å²) < 4.78 is 11.9. The molecule has 2 heterocycles. The fraction of sp³-hybridized carbons (Fsp3) is 0.125. The molecule has 32 heavy (non-hydrogen) atoms. The zero-order valence-electron chi connectivity index (χ0n) is 16.8. The highest BCUT2D eigenvalue weighted by atomic mass is 32.1. The number of aromatic hydroxyl groups is 2. The van der Waals surface area contributed by atoms with Gasteiger partial charge in [-0.25, -0.2) is 4.79 Å². The number of benzene rings is 3. The van der Waals surface area contributed by atoms with E-state index in [0.717, 1.165) is 0 Å². The number of hydrogen-bond acceptors (Lipinski definition) is 7. The first-order valence-electron chi connectivity index (χ1n) is 9.80. The third kappa shape index (κ3) is 2.99. The first-order chi connectivity index (χ1) is 15.3. The molecule has 3 aromatic rings. The van der Waals surface area contributed by atoms with Crippen LogP contribution in [-0.2, 0) is 15.1 Å². The van der Waals surface area contributed by atoms with Crippen molar-refractivity contribution in [2.24, 2.45) is 0 Å². The summed E-state index contributed by atoms with van der Waals surface area (Å²) >= 11 is 4.98. The summed E-state index contributed by atoms with van der Waals surface area (Å²) in [6, 6.07) is 14.1. The van der Waals surface area contributed by atoms with Gasteiger partial charge in [0.05, 0.1) is 12.0 Å². The summed E-state index contributed by atoms with van der Waals surface area (Å²) in [5.74, 6) is -0.263. The molecular formula is C24H17NO6S. The number of phenols is 2. The van der Waals surface area contributed by atoms with Crippen LogP contribution >= 0.6 is 12.2 Å². The maximum atomic E-state index is 13.0. The lowest BCUT2D eigenvalue weighted by molar-refractivity contribution is -0.115. The first kappa shape index (κ1) is 20.0. The SMILES string of the molecule is CC(=S)CC(=O)Nc1ccc2c(c1)C(=O)OC21c2ccc(O)cc2Oc2cc(O)ccc21. The van der Waals surface area contributed by atoms with Crippen LogP contribution < -0.4 is 10.1 Å². The van der Waals surface area contributed by atoms with Gasteiger partial charge in [-0.3, -0.25) is 4.79 Å². The van der Waals surface area contributed by atoms with E-state index in [0.29, 0.717) is 44.3 Å². The van der Waals surface area contributed by atoms with Crippen LogP contribution in [0.15, 0.2) is 54.6 Å². The second-order valence-corrected chi connectivity index (χ2v) is 8.42. The minimum atomic E-state index is -1.33. The van der Waals surface area contributed by atoms with E-state index >= 15 is 0 Å². The Kier molecular flexibility index (Phi) is 4.42. The van der Waals surface area contributed by atoms with Crippen LogP contribution in [0.3, 0.4) is 0 Å². The highest BCUT2D eigenvalue weighted by molar-refractivity contribution is 7.80. The van der Waals surface area contributed by atoms with Gasteiger partial charge in [0.1, 0.15) is 23.0 Å². The van der Waals surface area contributed by atoms with E-state index in [4.69, 9.17) is 21.7 Å². The Morgan fingerprint density at radius 3 is 2.16 bits per heavy atom. The molecule has 5 rings (SSSR count). The number of rotatable bonds is 3. The van der Waals surface area contributed by atoms with E-state index in [-0.39, 0.29) is 23.8 Å². The Morgan fingerprint density at radius 1 is 0.969 bits per heavy atom. The molecule has 0 fully saturated rings. The van der Waals surface area contributed by atoms with Gasteiger partial charge in [0.25, 0.3) is 0 Å². The highest BCUT2D eigenvalue weighted by Gasteiger charge is 2.53. The Morgan fingerprint density at radius 2 is 1.56 bits per heavy atom. The molecule has 0 radical (unpaired) electrons. The van der Waals surface area contributed by atoms with E-state index in [1.807, 2.05) is 0 Å². The summed E-state index contributed by atoms with van der Waals surface area (Å²) in [5.41, 5.74) is 1.05. The number of ether oxygens (including phenoxy) is 2. The quantitative estimate of drug-likeness (QED) is 0.404. The number of nitrogens with one attached hydrogen (secondary N) is 1. The van der Waals surface area contributed by atoms with E-state index < -0.39 is 11.6 Å². The van der Waals surface area contributed by atoms with Crippen molar-refractivity contribution in [2.45, 2.75) is 18.9 Å². The Labute approximate surface area is 188 Å². The number of thiocarbonyl (C=S) groups is 1. The van der Waals surface area contributed by atoms with Gasteiger partial charge < -0.3 is 25.0 Å². The van der Waals surface area contributed by atoms with Crippen LogP contribution in [-0.4, -0.2) is 27.0 Å². The Hall–Kier alpha value is -3.91. The molecule has 0 bridgehead atoms. The number of amides is 1. The smallest absolute Gasteiger partial charge is 0.340 e. The predicted octanol–water partition coefficient (Wildman–Crippen LogP) is 4.38. The van der Waals surface area contributed by atoms with Crippen molar-refractivity contribution >= 4 is 34.6 Å². The largest absolute Gasteiger partial charge is 0.508 e. The summed E-state index contributed by atoms with van der Waals surface area (Å²) in [5, 5.41) is 22.7. The molecular weight excluding hydrogens is 430 g/mol. The summed E-state index contributed by atoms with van der Waals surface area (Å²) in [7, 11) is 0. The lowest BCUT2D eigenvalue weighted by Crippen LogP contribution is -2.32. The molecule has 1 amide bonds. The molecule has 8 heteroatoms. The van der Waals surface area contributed by atoms with E-state index in [2.05, 4.69) is 5.32 Å². The van der Waals surface area contributed by atoms with Crippen molar-refractivity contribution in [2.75, 3.05) is 5.32 Å². The normalized spacial score (nSPS) is 14.6. The van der Waals surface area contributed by atoms with E-state index in [9.17, 15) is 19.8 Å². The number of carbonyl (C=O) groups is 2. The molecule has 2 aliphatic rings. The molecule has 0 aromatic heterocycles. The minimum absolute atomic E-state index is 0.0149. The molecule has 0 saturated heterocycles. The molecule has 3 N–H and O–H groups in total. The lowest BCUT2D eigenvalue weighted by Gasteiger charge is -2.36. The molecule has 3 aromatic carbocycles. The fourth-order valence-electron chi connectivity index (χ4n) is 4.21. The summed E-state index contributed by atoms with van der Waals surface area (Å²) in [4.78, 5) is 25.7. The number of anilines is 1. The van der Waals surface area contributed by atoms with E-state index in [1.165, 1.54) is 24.3 Å². The van der Waals surface area contributed by atoms with Gasteiger partial charge in [0.15, 0.2) is 5.60 Å². The maximum absolute atomic E-state index is 13.0. The Balaban J connectivity index is 1.68. The van der Waals surface area contributed by atoms with Gasteiger partial charge in [-0.15, -0.1) is 0 Å². The molecule has 0 aliphatic carbocycles. The van der Waals surface area contributed by atoms with E-state index in [1.54, 1.807) is 37.3 Å². The standard InChI is InChI=1S/C24H17NO6S/c1-12(32)8-22(28)25-13-2-5-17-16(9-13)23(29)31-24(17)18-6-3-14(26)10-20(18)30-21-11-15(27)4-7-19(21)24/h2-7,9-11,26-27H,8H2,1H3,(H,25,28). The molecule has 0 unspecified atom stereocenters. The van der Waals surface area contributed by atoms with Crippen molar-refractivity contribution in [1.29, 1.82) is 0 Å². The highest BCUT2D eigenvalue weighted by Crippen LogP contribution is 2.57. The van der Waals surface area contributed by atoms with Crippen LogP contribution in [0.5, 0.6) is 23.0 Å². The van der Waals surface area contributed by atoms with Crippen LogP contribution in [0.1, 0.15) is 40.4 Å². The molecule has 2 aliphatic heterocycles. The van der Waals surface area contributed by atoms with Crippen molar-refractivity contribution in [3.05, 3.63) is 76.9 Å². The van der Waals surface area contributed by atoms with Gasteiger partial charge in [-0.05, 0) is 48.2 Å². The average Bonchev–Trinajstić information content (AvgIpc) is 2.99. The second kappa shape index (κ2) is 7.06. The van der Waals surface area contributed by atoms with Crippen molar-refractivity contribution in [3.63, 3.8) is 0 Å². The maximum Gasteiger partial charge on any atom is 0.340 e. The molecule has 0 atom stereocenters. The zero-order valence-corrected chi connectivity index (χ0v) is 17.7. The predicted molar refractivity (Wildman–Crippen MR) is 120 cm³/mol. The Bertz CT molecular complexity index is 1280. The number of hydrogen-bond donors (Lipinski definition) is 3. The number of fused-ring (bicyclic) bond motifs is 6. The number of carbonyl (C=O) groups excluding carboxylic acids is 2. The van der Waals surface area contributed by atoms with Crippen molar-refractivity contribution in [3.8, 4) is 23.0 Å². The molecule has 160 valence electrons. The molecule has 0 saturated carbocycles. The van der Waals surface area contributed by atoms with Gasteiger partial charge in [-0.1, -0.05) is 18.3 Å². The monoisotopic (exact) mass is 447 g/mol. The van der Waals surface area contributed by atoms with Crippen molar-refractivity contribution < 1.29 is 29.3 Å². The van der Waals surface area contributed by atoms with Gasteiger partial charge in [-0.2, -0.15) is 0 Å². The van der Waals surface area contributed by atoms with Crippen LogP contribution in [0.25, 0.3) is 0 Å². The zero-order chi connectivity index (χ0) is 22.6. The third-order valence-corrected chi connectivity index (χ3v) is 5.61. The van der Waals surface area contributed by atoms with Crippen LogP contribution in [0.4, 0.5) is 5.69 Å². The van der Waals surface area contributed by atoms with Crippen LogP contribution in [0.2, 0.25) is 0 Å².